The van der Waals surface area contributed by atoms with E-state index in [1.54, 1.807) is 0 Å². The topological polar surface area (TPSA) is 6.48 Å². The second kappa shape index (κ2) is 9.50. The first-order valence-electron chi connectivity index (χ1n) is 5.16. The summed E-state index contributed by atoms with van der Waals surface area (Å²) < 4.78 is 0. The number of rotatable bonds is 10. The smallest absolute Gasteiger partial charge is 0.292 e. The van der Waals surface area contributed by atoms with Crippen LogP contribution in [-0.4, -0.2) is 43.4 Å². The molecule has 0 aromatic rings. The molecular weight excluding hydrogens is 183 g/mol. The highest BCUT2D eigenvalue weighted by Crippen LogP contribution is 1.93. The zero-order valence-electron chi connectivity index (χ0n) is 9.57. The Kier molecular flexibility index (Phi) is 8.83. The van der Waals surface area contributed by atoms with Crippen molar-refractivity contribution in [3.63, 3.8) is 0 Å². The van der Waals surface area contributed by atoms with Crippen molar-refractivity contribution in [1.82, 2.24) is 9.62 Å². The second-order valence-corrected chi connectivity index (χ2v) is 3.37. The van der Waals surface area contributed by atoms with Gasteiger partial charge in [0.2, 0.25) is 0 Å². The molecule has 0 aromatic carbocycles. The van der Waals surface area contributed by atoms with Gasteiger partial charge in [0.1, 0.15) is 0 Å². The lowest BCUT2D eigenvalue weighted by Crippen LogP contribution is -2.42. The summed E-state index contributed by atoms with van der Waals surface area (Å²) in [5, 5.41) is 0. The van der Waals surface area contributed by atoms with Crippen LogP contribution in [0.15, 0.2) is 50.6 Å². The maximum atomic E-state index is 3.75. The zero-order chi connectivity index (χ0) is 11.5. The Morgan fingerprint density at radius 2 is 0.933 bits per heavy atom. The average Bonchev–Trinajstić information content (AvgIpc) is 2.19. The quantitative estimate of drug-likeness (QED) is 0.394. The summed E-state index contributed by atoms with van der Waals surface area (Å²) in [6, 6.07) is 0. The van der Waals surface area contributed by atoms with Gasteiger partial charge in [-0.1, -0.05) is 24.3 Å². The van der Waals surface area contributed by atoms with Crippen LogP contribution in [0.5, 0.6) is 0 Å². The van der Waals surface area contributed by atoms with Crippen molar-refractivity contribution >= 4 is 7.55 Å². The van der Waals surface area contributed by atoms with E-state index in [1.165, 1.54) is 0 Å². The van der Waals surface area contributed by atoms with Crippen molar-refractivity contribution in [1.29, 1.82) is 0 Å². The average molecular weight is 204 g/mol. The first kappa shape index (κ1) is 13.9. The molecule has 0 aromatic heterocycles. The molecule has 0 rings (SSSR count). The molecule has 0 amide bonds. The van der Waals surface area contributed by atoms with Crippen molar-refractivity contribution in [2.24, 2.45) is 0 Å². The van der Waals surface area contributed by atoms with Gasteiger partial charge in [0, 0.05) is 26.2 Å². The van der Waals surface area contributed by atoms with E-state index in [9.17, 15) is 0 Å². The molecular formula is C12H21BN2. The molecule has 82 valence electrons. The Hall–Kier alpha value is -1.06. The monoisotopic (exact) mass is 204 g/mol. The molecule has 0 fully saturated rings. The summed E-state index contributed by atoms with van der Waals surface area (Å²) in [4.78, 5) is 4.51. The molecule has 15 heavy (non-hydrogen) atoms. The predicted octanol–water partition coefficient (Wildman–Crippen LogP) is 1.60. The van der Waals surface area contributed by atoms with Gasteiger partial charge in [-0.3, -0.25) is 0 Å². The lowest BCUT2D eigenvalue weighted by Gasteiger charge is -2.25. The van der Waals surface area contributed by atoms with E-state index in [0.717, 1.165) is 33.7 Å². The Balaban J connectivity index is 4.15. The molecule has 0 bridgehead atoms. The number of hydrogen-bond donors (Lipinski definition) is 0. The molecule has 0 spiro atoms. The van der Waals surface area contributed by atoms with Gasteiger partial charge in [-0.15, -0.1) is 26.3 Å². The summed E-state index contributed by atoms with van der Waals surface area (Å²) in [6.07, 6.45) is 7.62. The van der Waals surface area contributed by atoms with Crippen LogP contribution in [-0.2, 0) is 0 Å². The minimum atomic E-state index is 0.872. The van der Waals surface area contributed by atoms with Crippen LogP contribution in [0.1, 0.15) is 0 Å². The first-order valence-corrected chi connectivity index (χ1v) is 5.16. The summed E-state index contributed by atoms with van der Waals surface area (Å²) in [5.74, 6) is 0. The van der Waals surface area contributed by atoms with E-state index in [-0.39, 0.29) is 0 Å². The number of hydrogen-bond acceptors (Lipinski definition) is 2. The summed E-state index contributed by atoms with van der Waals surface area (Å²) in [6.45, 7) is 18.5. The molecule has 0 atom stereocenters. The molecule has 0 aliphatic rings. The zero-order valence-corrected chi connectivity index (χ0v) is 9.57. The van der Waals surface area contributed by atoms with Crippen molar-refractivity contribution in [3.05, 3.63) is 50.6 Å². The highest BCUT2D eigenvalue weighted by atomic mass is 15.2. The normalized spacial score (nSPS) is 10.0. The van der Waals surface area contributed by atoms with Crippen molar-refractivity contribution in [2.45, 2.75) is 0 Å². The molecule has 0 heterocycles. The van der Waals surface area contributed by atoms with E-state index in [0.29, 0.717) is 0 Å². The third-order valence-corrected chi connectivity index (χ3v) is 1.95. The van der Waals surface area contributed by atoms with Crippen LogP contribution in [0.4, 0.5) is 0 Å². The van der Waals surface area contributed by atoms with E-state index < -0.39 is 0 Å². The van der Waals surface area contributed by atoms with E-state index in [1.807, 2.05) is 24.3 Å². The maximum Gasteiger partial charge on any atom is 0.292 e. The highest BCUT2D eigenvalue weighted by molar-refractivity contribution is 6.28. The van der Waals surface area contributed by atoms with Crippen LogP contribution in [0.25, 0.3) is 0 Å². The van der Waals surface area contributed by atoms with Crippen LogP contribution in [0, 0.1) is 0 Å². The molecule has 0 saturated heterocycles. The van der Waals surface area contributed by atoms with Gasteiger partial charge in [-0.2, -0.15) is 0 Å². The van der Waals surface area contributed by atoms with Gasteiger partial charge >= 0.3 is 0 Å². The highest BCUT2D eigenvalue weighted by Gasteiger charge is 2.09. The second-order valence-electron chi connectivity index (χ2n) is 3.37. The maximum absolute atomic E-state index is 3.75. The Bertz CT molecular complexity index is 172. The molecule has 3 heteroatoms. The third-order valence-electron chi connectivity index (χ3n) is 1.95. The van der Waals surface area contributed by atoms with Crippen LogP contribution in [0.3, 0.4) is 0 Å². The lowest BCUT2D eigenvalue weighted by molar-refractivity contribution is 0.445. The summed E-state index contributed by atoms with van der Waals surface area (Å²) in [7, 11) is 0.885. The summed E-state index contributed by atoms with van der Waals surface area (Å²) >= 11 is 0. The van der Waals surface area contributed by atoms with E-state index in [4.69, 9.17) is 0 Å². The molecule has 0 aliphatic carbocycles. The van der Waals surface area contributed by atoms with Crippen molar-refractivity contribution < 1.29 is 0 Å². The Morgan fingerprint density at radius 3 is 1.13 bits per heavy atom. The Labute approximate surface area is 94.5 Å². The predicted molar refractivity (Wildman–Crippen MR) is 71.1 cm³/mol. The van der Waals surface area contributed by atoms with Gasteiger partial charge in [-0.25, -0.2) is 0 Å². The van der Waals surface area contributed by atoms with Crippen LogP contribution in [0.2, 0.25) is 0 Å². The standard InChI is InChI=1S/C12H21BN2/c1-5-9-14(10-6-2)13-15(11-7-3)12-8-4/h5-8,13H,1-4,9-12H2. The lowest BCUT2D eigenvalue weighted by atomic mass is 10.0. The minimum Gasteiger partial charge on any atom is -0.324 e. The fourth-order valence-electron chi connectivity index (χ4n) is 1.39. The van der Waals surface area contributed by atoms with Gasteiger partial charge in [0.15, 0.2) is 0 Å². The Morgan fingerprint density at radius 1 is 0.667 bits per heavy atom. The molecule has 0 unspecified atom stereocenters. The largest absolute Gasteiger partial charge is 0.324 e. The van der Waals surface area contributed by atoms with Crippen LogP contribution < -0.4 is 0 Å². The molecule has 0 N–H and O–H groups in total. The van der Waals surface area contributed by atoms with E-state index in [2.05, 4.69) is 35.9 Å². The van der Waals surface area contributed by atoms with Crippen LogP contribution >= 0.6 is 0 Å². The fourth-order valence-corrected chi connectivity index (χ4v) is 1.39. The van der Waals surface area contributed by atoms with Crippen molar-refractivity contribution in [2.75, 3.05) is 26.2 Å². The van der Waals surface area contributed by atoms with Gasteiger partial charge in [0.05, 0.1) is 0 Å². The summed E-state index contributed by atoms with van der Waals surface area (Å²) in [5.41, 5.74) is 0. The first-order chi connectivity index (χ1) is 7.28. The van der Waals surface area contributed by atoms with Gasteiger partial charge in [-0.05, 0) is 0 Å². The molecule has 0 saturated carbocycles. The minimum absolute atomic E-state index is 0.872. The fraction of sp³-hybridized carbons (Fsp3) is 0.333. The SMILES string of the molecule is C=CCN(BN(CC=C)CC=C)CC=C. The third kappa shape index (κ3) is 6.94. The number of nitrogens with zero attached hydrogens (tertiary/aromatic N) is 2. The van der Waals surface area contributed by atoms with Crippen molar-refractivity contribution in [3.8, 4) is 0 Å². The molecule has 2 nitrogen and oxygen atoms in total. The van der Waals surface area contributed by atoms with E-state index >= 15 is 0 Å². The molecule has 0 aliphatic heterocycles. The van der Waals surface area contributed by atoms with Gasteiger partial charge in [0.25, 0.3) is 7.55 Å². The van der Waals surface area contributed by atoms with Gasteiger partial charge < -0.3 is 9.62 Å². The molecule has 0 radical (unpaired) electrons.